The molecule has 0 spiro atoms. The van der Waals surface area contributed by atoms with Crippen LogP contribution in [0.15, 0.2) is 186 Å². The van der Waals surface area contributed by atoms with Crippen molar-refractivity contribution in [2.75, 3.05) is 0 Å². The molecule has 9 aromatic carbocycles. The molecule has 0 amide bonds. The van der Waals surface area contributed by atoms with Gasteiger partial charge in [0.05, 0.1) is 72.9 Å². The summed E-state index contributed by atoms with van der Waals surface area (Å²) in [4.78, 5) is 0. The summed E-state index contributed by atoms with van der Waals surface area (Å²) in [6.07, 6.45) is 0. The Morgan fingerprint density at radius 3 is 1.22 bits per heavy atom. The van der Waals surface area contributed by atoms with Crippen molar-refractivity contribution in [3.8, 4) is 46.4 Å². The van der Waals surface area contributed by atoms with Crippen molar-refractivity contribution in [1.29, 1.82) is 15.8 Å². The number of benzene rings is 9. The molecule has 4 heterocycles. The molecule has 0 saturated carbocycles. The molecule has 0 aliphatic heterocycles. The number of aromatic nitrogens is 3. The lowest BCUT2D eigenvalue weighted by atomic mass is 9.90. The van der Waals surface area contributed by atoms with Gasteiger partial charge in [0.2, 0.25) is 0 Å². The Bertz CT molecular complexity index is 4030. The summed E-state index contributed by atoms with van der Waals surface area (Å²) in [6.45, 7) is 0. The number of nitriles is 3. The molecule has 0 fully saturated rings. The summed E-state index contributed by atoms with van der Waals surface area (Å²) < 4.78 is 13.6. The van der Waals surface area contributed by atoms with Gasteiger partial charge in [-0.05, 0) is 60.2 Å². The summed E-state index contributed by atoms with van der Waals surface area (Å²) >= 11 is 0. The minimum atomic E-state index is 0.315. The Hall–Kier alpha value is -9.35. The highest BCUT2D eigenvalue weighted by molar-refractivity contribution is 6.22. The average molecular weight is 815 g/mol. The highest BCUT2D eigenvalue weighted by atomic mass is 16.3. The van der Waals surface area contributed by atoms with Gasteiger partial charge in [-0.2, -0.15) is 15.8 Å². The number of rotatable bonds is 4. The quantitative estimate of drug-likeness (QED) is 0.177. The monoisotopic (exact) mass is 814 g/mol. The third-order valence-corrected chi connectivity index (χ3v) is 13.0. The van der Waals surface area contributed by atoms with E-state index in [9.17, 15) is 15.8 Å². The van der Waals surface area contributed by atoms with Crippen LogP contribution in [0.25, 0.3) is 116 Å². The minimum absolute atomic E-state index is 0.315. The first-order chi connectivity index (χ1) is 31.7. The van der Waals surface area contributed by atoms with Gasteiger partial charge in [0.1, 0.15) is 17.7 Å². The van der Waals surface area contributed by atoms with Crippen molar-refractivity contribution in [3.05, 3.63) is 199 Å². The Kier molecular flexibility index (Phi) is 7.37. The lowest BCUT2D eigenvalue weighted by molar-refractivity contribution is 0.671. The van der Waals surface area contributed by atoms with Crippen molar-refractivity contribution in [1.82, 2.24) is 13.7 Å². The molecule has 7 nitrogen and oxygen atoms in total. The number of para-hydroxylation sites is 6. The van der Waals surface area contributed by atoms with Gasteiger partial charge in [-0.15, -0.1) is 0 Å². The molecule has 13 rings (SSSR count). The topological polar surface area (TPSA) is 99.3 Å². The van der Waals surface area contributed by atoms with Crippen molar-refractivity contribution in [3.63, 3.8) is 0 Å². The van der Waals surface area contributed by atoms with Crippen LogP contribution in [-0.2, 0) is 0 Å². The normalized spacial score (nSPS) is 11.7. The van der Waals surface area contributed by atoms with E-state index in [0.29, 0.717) is 50.5 Å². The van der Waals surface area contributed by atoms with Gasteiger partial charge in [0.25, 0.3) is 0 Å². The van der Waals surface area contributed by atoms with Crippen LogP contribution in [0.5, 0.6) is 0 Å². The van der Waals surface area contributed by atoms with Crippen molar-refractivity contribution in [2.24, 2.45) is 0 Å². The molecule has 0 saturated heterocycles. The van der Waals surface area contributed by atoms with E-state index >= 15 is 0 Å². The zero-order valence-electron chi connectivity index (χ0n) is 33.9. The summed E-state index contributed by atoms with van der Waals surface area (Å²) in [7, 11) is 0. The van der Waals surface area contributed by atoms with E-state index in [0.717, 1.165) is 81.8 Å². The standard InChI is InChI=1S/C57H30N6O/c58-31-34-25-27-35(28-26-34)52-44(32-59)53(61-46-19-7-1-13-36(46)37-14-2-8-20-47(37)61)56(54(45(52)33-60)62-48-21-9-3-15-38(48)39-16-4-10-22-49(39)62)63-50-23-11-5-17-40(50)42-29-30-43-41-18-6-12-24-51(41)64-57(43)55(42)63/h1-30H. The number of nitrogens with zero attached hydrogens (tertiary/aromatic N) is 6. The first-order valence-electron chi connectivity index (χ1n) is 21.0. The molecular weight excluding hydrogens is 785 g/mol. The predicted octanol–water partition coefficient (Wildman–Crippen LogP) is 14.2. The summed E-state index contributed by atoms with van der Waals surface area (Å²) in [6, 6.07) is 68.7. The van der Waals surface area contributed by atoms with Crippen molar-refractivity contribution >= 4 is 87.4 Å². The highest BCUT2D eigenvalue weighted by Gasteiger charge is 2.34. The number of furan rings is 1. The van der Waals surface area contributed by atoms with Gasteiger partial charge >= 0.3 is 0 Å². The smallest absolute Gasteiger partial charge is 0.160 e. The maximum Gasteiger partial charge on any atom is 0.160 e. The second kappa shape index (κ2) is 13.3. The Balaban J connectivity index is 1.39. The lowest BCUT2D eigenvalue weighted by Crippen LogP contribution is -2.15. The van der Waals surface area contributed by atoms with Gasteiger partial charge in [-0.25, -0.2) is 0 Å². The summed E-state index contributed by atoms with van der Waals surface area (Å²) in [5, 5.41) is 41.8. The highest BCUT2D eigenvalue weighted by Crippen LogP contribution is 2.50. The van der Waals surface area contributed by atoms with E-state index in [2.05, 4.69) is 111 Å². The number of hydrogen-bond acceptors (Lipinski definition) is 4. The largest absolute Gasteiger partial charge is 0.454 e. The second-order valence-corrected chi connectivity index (χ2v) is 16.1. The molecule has 0 aliphatic rings. The molecule has 0 unspecified atom stereocenters. The van der Waals surface area contributed by atoms with Crippen LogP contribution in [0.3, 0.4) is 0 Å². The van der Waals surface area contributed by atoms with Crippen LogP contribution in [-0.4, -0.2) is 13.7 Å². The van der Waals surface area contributed by atoms with Crippen LogP contribution in [0.2, 0.25) is 0 Å². The van der Waals surface area contributed by atoms with E-state index in [-0.39, 0.29) is 0 Å². The average Bonchev–Trinajstić information content (AvgIpc) is 4.10. The molecule has 0 N–H and O–H groups in total. The molecule has 294 valence electrons. The minimum Gasteiger partial charge on any atom is -0.454 e. The zero-order valence-corrected chi connectivity index (χ0v) is 33.9. The zero-order chi connectivity index (χ0) is 42.6. The van der Waals surface area contributed by atoms with Gasteiger partial charge in [-0.3, -0.25) is 0 Å². The van der Waals surface area contributed by atoms with Crippen LogP contribution < -0.4 is 0 Å². The van der Waals surface area contributed by atoms with Gasteiger partial charge in [0, 0.05) is 48.7 Å². The van der Waals surface area contributed by atoms with Crippen LogP contribution >= 0.6 is 0 Å². The second-order valence-electron chi connectivity index (χ2n) is 16.1. The van der Waals surface area contributed by atoms with Crippen LogP contribution in [0, 0.1) is 34.0 Å². The van der Waals surface area contributed by atoms with Crippen molar-refractivity contribution < 1.29 is 4.42 Å². The number of fused-ring (bicyclic) bond motifs is 13. The molecule has 0 radical (unpaired) electrons. The van der Waals surface area contributed by atoms with Gasteiger partial charge < -0.3 is 18.1 Å². The van der Waals surface area contributed by atoms with Crippen LogP contribution in [0.1, 0.15) is 16.7 Å². The molecule has 64 heavy (non-hydrogen) atoms. The van der Waals surface area contributed by atoms with Crippen molar-refractivity contribution in [2.45, 2.75) is 0 Å². The fourth-order valence-corrected chi connectivity index (χ4v) is 10.4. The molecule has 0 atom stereocenters. The Morgan fingerprint density at radius 2 is 0.750 bits per heavy atom. The number of hydrogen-bond donors (Lipinski definition) is 0. The SMILES string of the molecule is N#Cc1ccc(-c2c(C#N)c(-n3c4ccccc4c4ccccc43)c(-n3c4ccccc4c4ccc5c6ccccc6oc5c43)c(-n3c4ccccc4c4ccccc43)c2C#N)cc1. The Morgan fingerprint density at radius 1 is 0.344 bits per heavy atom. The molecule has 0 aliphatic carbocycles. The van der Waals surface area contributed by atoms with E-state index in [4.69, 9.17) is 4.42 Å². The van der Waals surface area contributed by atoms with E-state index < -0.39 is 0 Å². The van der Waals surface area contributed by atoms with E-state index in [1.54, 1.807) is 12.1 Å². The molecule has 0 bridgehead atoms. The van der Waals surface area contributed by atoms with Gasteiger partial charge in [-0.1, -0.05) is 127 Å². The maximum atomic E-state index is 11.9. The third-order valence-electron chi connectivity index (χ3n) is 13.0. The first-order valence-corrected chi connectivity index (χ1v) is 21.0. The molecular formula is C57H30N6O. The van der Waals surface area contributed by atoms with Gasteiger partial charge in [0.15, 0.2) is 5.58 Å². The van der Waals surface area contributed by atoms with Crippen LogP contribution in [0.4, 0.5) is 0 Å². The first kappa shape index (κ1) is 35.4. The fraction of sp³-hybridized carbons (Fsp3) is 0. The molecule has 7 heteroatoms. The summed E-state index contributed by atoms with van der Waals surface area (Å²) in [5.74, 6) is 0. The lowest BCUT2D eigenvalue weighted by Gasteiger charge is -2.26. The van der Waals surface area contributed by atoms with E-state index in [1.807, 2.05) is 91.0 Å². The Labute approximate surface area is 364 Å². The fourth-order valence-electron chi connectivity index (χ4n) is 10.4. The van der Waals surface area contributed by atoms with E-state index in [1.165, 1.54) is 0 Å². The third kappa shape index (κ3) is 4.66. The molecule has 4 aromatic heterocycles. The summed E-state index contributed by atoms with van der Waals surface area (Å²) in [5.41, 5.74) is 10.8. The predicted molar refractivity (Wildman–Crippen MR) is 256 cm³/mol. The molecule has 13 aromatic rings. The maximum absolute atomic E-state index is 11.9.